The van der Waals surface area contributed by atoms with E-state index < -0.39 is 11.3 Å². The molecule has 1 aliphatic heterocycles. The summed E-state index contributed by atoms with van der Waals surface area (Å²) in [7, 11) is 0. The Morgan fingerprint density at radius 3 is 2.18 bits per heavy atom. The summed E-state index contributed by atoms with van der Waals surface area (Å²) in [6.45, 7) is 0.157. The minimum atomic E-state index is -3.93. The normalized spacial score (nSPS) is 14.2. The van der Waals surface area contributed by atoms with Gasteiger partial charge in [0.05, 0.1) is 11.1 Å². The van der Waals surface area contributed by atoms with Crippen molar-refractivity contribution in [3.63, 3.8) is 0 Å². The highest BCUT2D eigenvalue weighted by Gasteiger charge is 2.36. The van der Waals surface area contributed by atoms with Gasteiger partial charge in [0.25, 0.3) is 11.8 Å². The molecule has 2 rings (SSSR count). The van der Waals surface area contributed by atoms with Crippen LogP contribution in [0, 0.1) is 0 Å². The molecule has 22 heavy (non-hydrogen) atoms. The largest absolute Gasteiger partial charge is 0.399 e. The van der Waals surface area contributed by atoms with E-state index in [-0.39, 0.29) is 24.9 Å². The van der Waals surface area contributed by atoms with Crippen molar-refractivity contribution in [3.05, 3.63) is 35.4 Å². The Balaban J connectivity index is 1.79. The van der Waals surface area contributed by atoms with Crippen LogP contribution >= 0.6 is 11.6 Å². The molecule has 1 aliphatic rings. The minimum Gasteiger partial charge on any atom is -0.350 e. The summed E-state index contributed by atoms with van der Waals surface area (Å²) < 4.78 is 24.8. The molecule has 1 N–H and O–H groups in total. The summed E-state index contributed by atoms with van der Waals surface area (Å²) in [6.07, 6.45) is 0.728. The van der Waals surface area contributed by atoms with Crippen molar-refractivity contribution < 1.29 is 23.2 Å². The maximum absolute atomic E-state index is 12.4. The molecular formula is C14H13ClF2N2O3. The molecule has 1 heterocycles. The first kappa shape index (κ1) is 16.4. The van der Waals surface area contributed by atoms with Crippen molar-refractivity contribution >= 4 is 29.3 Å². The summed E-state index contributed by atoms with van der Waals surface area (Å²) in [5.41, 5.74) is 0.727. The summed E-state index contributed by atoms with van der Waals surface area (Å²) in [5, 5.41) is -1.95. The lowest BCUT2D eigenvalue weighted by Crippen LogP contribution is -2.37. The lowest BCUT2D eigenvalue weighted by atomic mass is 10.1. The fraction of sp³-hybridized carbons (Fsp3) is 0.357. The van der Waals surface area contributed by atoms with E-state index in [1.54, 1.807) is 24.3 Å². The first-order valence-electron chi connectivity index (χ1n) is 6.62. The summed E-state index contributed by atoms with van der Waals surface area (Å²) in [6, 6.07) is 6.52. The van der Waals surface area contributed by atoms with Gasteiger partial charge in [0.15, 0.2) is 0 Å². The lowest BCUT2D eigenvalue weighted by molar-refractivity contribution is -0.135. The average Bonchev–Trinajstić information content (AvgIpc) is 2.71. The molecule has 8 heteroatoms. The Kier molecular flexibility index (Phi) is 4.75. The first-order chi connectivity index (χ1) is 10.3. The van der Waals surface area contributed by atoms with E-state index in [1.165, 1.54) is 0 Å². The number of nitrogens with zero attached hydrogens (tertiary/aromatic N) is 1. The zero-order valence-electron chi connectivity index (χ0n) is 11.4. The van der Waals surface area contributed by atoms with Crippen LogP contribution < -0.4 is 5.32 Å². The molecule has 0 aromatic heterocycles. The number of nitrogens with one attached hydrogen (secondary N) is 1. The number of hydrogen-bond acceptors (Lipinski definition) is 3. The second kappa shape index (κ2) is 6.39. The number of alkyl halides is 3. The van der Waals surface area contributed by atoms with Crippen molar-refractivity contribution in [2.24, 2.45) is 0 Å². The summed E-state index contributed by atoms with van der Waals surface area (Å²) in [4.78, 5) is 36.0. The van der Waals surface area contributed by atoms with Crippen LogP contribution in [0.5, 0.6) is 0 Å². The molecule has 0 bridgehead atoms. The van der Waals surface area contributed by atoms with E-state index in [0.717, 1.165) is 4.90 Å². The summed E-state index contributed by atoms with van der Waals surface area (Å²) >= 11 is 4.55. The number of imide groups is 1. The van der Waals surface area contributed by atoms with E-state index in [0.29, 0.717) is 24.0 Å². The van der Waals surface area contributed by atoms with Gasteiger partial charge in [-0.1, -0.05) is 12.1 Å². The molecule has 0 fully saturated rings. The van der Waals surface area contributed by atoms with E-state index in [2.05, 4.69) is 11.6 Å². The van der Waals surface area contributed by atoms with Crippen LogP contribution in [-0.2, 0) is 4.79 Å². The molecule has 0 aliphatic carbocycles. The summed E-state index contributed by atoms with van der Waals surface area (Å²) in [5.74, 6) is -2.29. The van der Waals surface area contributed by atoms with Gasteiger partial charge in [0, 0.05) is 13.1 Å². The SMILES string of the molecule is O=C1c2ccccc2C(=O)N1CCCCNC(=O)C(F)(F)Cl. The van der Waals surface area contributed by atoms with Crippen molar-refractivity contribution in [2.75, 3.05) is 13.1 Å². The van der Waals surface area contributed by atoms with E-state index >= 15 is 0 Å². The predicted molar refractivity (Wildman–Crippen MR) is 74.9 cm³/mol. The molecular weight excluding hydrogens is 318 g/mol. The fourth-order valence-corrected chi connectivity index (χ4v) is 2.21. The van der Waals surface area contributed by atoms with Gasteiger partial charge in [-0.05, 0) is 36.6 Å². The first-order valence-corrected chi connectivity index (χ1v) is 7.00. The van der Waals surface area contributed by atoms with Crippen LogP contribution in [0.4, 0.5) is 8.78 Å². The minimum absolute atomic E-state index is 0.00961. The third kappa shape index (κ3) is 3.41. The zero-order chi connectivity index (χ0) is 16.3. The predicted octanol–water partition coefficient (Wildman–Crippen LogP) is 2.01. The maximum atomic E-state index is 12.4. The number of amides is 3. The molecule has 0 atom stereocenters. The third-order valence-electron chi connectivity index (χ3n) is 3.23. The fourth-order valence-electron chi connectivity index (χ4n) is 2.14. The molecule has 1 aromatic rings. The molecule has 0 spiro atoms. The van der Waals surface area contributed by atoms with Crippen LogP contribution in [0.15, 0.2) is 24.3 Å². The van der Waals surface area contributed by atoms with Crippen molar-refractivity contribution in [1.29, 1.82) is 0 Å². The van der Waals surface area contributed by atoms with Crippen LogP contribution in [0.1, 0.15) is 33.6 Å². The van der Waals surface area contributed by atoms with Gasteiger partial charge in [-0.25, -0.2) is 0 Å². The van der Waals surface area contributed by atoms with Gasteiger partial charge >= 0.3 is 11.3 Å². The molecule has 5 nitrogen and oxygen atoms in total. The standard InChI is InChI=1S/C14H13ClF2N2O3/c15-14(16,17)13(22)18-7-3-4-8-19-11(20)9-5-1-2-6-10(9)12(19)21/h1-2,5-6H,3-4,7-8H2,(H,18,22). The number of benzene rings is 1. The second-order valence-corrected chi connectivity index (χ2v) is 5.24. The van der Waals surface area contributed by atoms with E-state index in [9.17, 15) is 23.2 Å². The van der Waals surface area contributed by atoms with Gasteiger partial charge < -0.3 is 5.32 Å². The molecule has 118 valence electrons. The zero-order valence-corrected chi connectivity index (χ0v) is 12.2. The van der Waals surface area contributed by atoms with Gasteiger partial charge in [0.2, 0.25) is 0 Å². The van der Waals surface area contributed by atoms with Gasteiger partial charge in [-0.15, -0.1) is 0 Å². The third-order valence-corrected chi connectivity index (χ3v) is 3.40. The van der Waals surface area contributed by atoms with Crippen molar-refractivity contribution in [3.8, 4) is 0 Å². The van der Waals surface area contributed by atoms with E-state index in [4.69, 9.17) is 0 Å². The van der Waals surface area contributed by atoms with Crippen LogP contribution in [0.2, 0.25) is 0 Å². The van der Waals surface area contributed by atoms with Gasteiger partial charge in [-0.3, -0.25) is 19.3 Å². The molecule has 0 saturated heterocycles. The Hall–Kier alpha value is -2.02. The van der Waals surface area contributed by atoms with Crippen LogP contribution in [-0.4, -0.2) is 41.1 Å². The number of hydrogen-bond donors (Lipinski definition) is 1. The number of halogens is 3. The van der Waals surface area contributed by atoms with Crippen molar-refractivity contribution in [1.82, 2.24) is 10.2 Å². The number of carbonyl (C=O) groups excluding carboxylic acids is 3. The number of fused-ring (bicyclic) bond motifs is 1. The van der Waals surface area contributed by atoms with Crippen molar-refractivity contribution in [2.45, 2.75) is 18.2 Å². The lowest BCUT2D eigenvalue weighted by Gasteiger charge is -2.14. The Morgan fingerprint density at radius 1 is 1.14 bits per heavy atom. The highest BCUT2D eigenvalue weighted by atomic mass is 35.5. The quantitative estimate of drug-likeness (QED) is 0.493. The Labute approximate surface area is 130 Å². The number of unbranched alkanes of at least 4 members (excludes halogenated alkanes) is 1. The van der Waals surface area contributed by atoms with Gasteiger partial charge in [-0.2, -0.15) is 8.78 Å². The molecule has 0 unspecified atom stereocenters. The average molecular weight is 331 g/mol. The maximum Gasteiger partial charge on any atom is 0.399 e. The van der Waals surface area contributed by atoms with Gasteiger partial charge in [0.1, 0.15) is 0 Å². The van der Waals surface area contributed by atoms with E-state index in [1.807, 2.05) is 5.32 Å². The topological polar surface area (TPSA) is 66.5 Å². The molecule has 0 saturated carbocycles. The molecule has 0 radical (unpaired) electrons. The smallest absolute Gasteiger partial charge is 0.350 e. The highest BCUT2D eigenvalue weighted by molar-refractivity contribution is 6.32. The van der Waals surface area contributed by atoms with Crippen LogP contribution in [0.3, 0.4) is 0 Å². The Bertz CT molecular complexity index is 581. The number of carbonyl (C=O) groups is 3. The van der Waals surface area contributed by atoms with Crippen LogP contribution in [0.25, 0.3) is 0 Å². The Morgan fingerprint density at radius 2 is 1.68 bits per heavy atom. The second-order valence-electron chi connectivity index (χ2n) is 4.77. The monoisotopic (exact) mass is 330 g/mol. The molecule has 3 amide bonds. The number of rotatable bonds is 6. The molecule has 1 aromatic carbocycles. The highest BCUT2D eigenvalue weighted by Crippen LogP contribution is 2.22.